The number of nitrogens with two attached hydrogens (primary N) is 1. The molecule has 1 amide bonds. The second-order valence-corrected chi connectivity index (χ2v) is 4.09. The van der Waals surface area contributed by atoms with E-state index in [1.807, 2.05) is 30.1 Å². The largest absolute Gasteiger partial charge is 0.357 e. The standard InChI is InChI=1S/C10H17N3O/c1-10(2,11)9(14)12-6-8-4-5-13(3)7-8/h4-5,7H,6,11H2,1-3H3,(H,12,14). The Balaban J connectivity index is 2.46. The van der Waals surface area contributed by atoms with Crippen molar-refractivity contribution in [2.45, 2.75) is 25.9 Å². The highest BCUT2D eigenvalue weighted by molar-refractivity contribution is 5.84. The molecule has 0 fully saturated rings. The highest BCUT2D eigenvalue weighted by Gasteiger charge is 2.20. The Hall–Kier alpha value is -1.29. The first-order valence-electron chi connectivity index (χ1n) is 4.57. The van der Waals surface area contributed by atoms with Crippen LogP contribution in [0.4, 0.5) is 0 Å². The normalized spacial score (nSPS) is 11.4. The molecule has 0 spiro atoms. The minimum atomic E-state index is -0.811. The van der Waals surface area contributed by atoms with Crippen LogP contribution >= 0.6 is 0 Å². The average Bonchev–Trinajstić information content (AvgIpc) is 2.45. The van der Waals surface area contributed by atoms with Gasteiger partial charge in [-0.05, 0) is 25.5 Å². The molecular formula is C10H17N3O. The van der Waals surface area contributed by atoms with Crippen LogP contribution in [0.1, 0.15) is 19.4 Å². The van der Waals surface area contributed by atoms with Gasteiger partial charge < -0.3 is 15.6 Å². The Morgan fingerprint density at radius 2 is 2.29 bits per heavy atom. The number of hydrogen-bond donors (Lipinski definition) is 2. The molecule has 78 valence electrons. The van der Waals surface area contributed by atoms with Crippen LogP contribution in [0.3, 0.4) is 0 Å². The van der Waals surface area contributed by atoms with Gasteiger partial charge in [-0.2, -0.15) is 0 Å². The predicted molar refractivity (Wildman–Crippen MR) is 55.5 cm³/mol. The maximum atomic E-state index is 11.4. The molecule has 0 atom stereocenters. The van der Waals surface area contributed by atoms with Crippen molar-refractivity contribution in [3.63, 3.8) is 0 Å². The molecule has 0 aliphatic carbocycles. The Bertz CT molecular complexity index is 322. The van der Waals surface area contributed by atoms with Crippen LogP contribution in [0, 0.1) is 0 Å². The molecule has 0 aliphatic rings. The number of aromatic nitrogens is 1. The maximum Gasteiger partial charge on any atom is 0.239 e. The molecule has 0 aromatic carbocycles. The van der Waals surface area contributed by atoms with E-state index in [1.165, 1.54) is 0 Å². The fourth-order valence-electron chi connectivity index (χ4n) is 1.08. The minimum Gasteiger partial charge on any atom is -0.357 e. The van der Waals surface area contributed by atoms with Crippen LogP contribution in [-0.2, 0) is 18.4 Å². The SMILES string of the molecule is Cn1ccc(CNC(=O)C(C)(C)N)c1. The minimum absolute atomic E-state index is 0.138. The van der Waals surface area contributed by atoms with Gasteiger partial charge in [0.2, 0.25) is 5.91 Å². The summed E-state index contributed by atoms with van der Waals surface area (Å²) in [6.07, 6.45) is 3.90. The molecule has 1 aromatic heterocycles. The predicted octanol–water partition coefficient (Wildman–Crippen LogP) is 0.379. The van der Waals surface area contributed by atoms with Gasteiger partial charge in [0.15, 0.2) is 0 Å². The van der Waals surface area contributed by atoms with Gasteiger partial charge in [0.25, 0.3) is 0 Å². The quantitative estimate of drug-likeness (QED) is 0.732. The molecule has 0 saturated carbocycles. The number of rotatable bonds is 3. The van der Waals surface area contributed by atoms with Crippen molar-refractivity contribution < 1.29 is 4.79 Å². The molecule has 0 bridgehead atoms. The summed E-state index contributed by atoms with van der Waals surface area (Å²) in [4.78, 5) is 11.4. The third kappa shape index (κ3) is 2.88. The van der Waals surface area contributed by atoms with Gasteiger partial charge in [-0.3, -0.25) is 4.79 Å². The summed E-state index contributed by atoms with van der Waals surface area (Å²) < 4.78 is 1.94. The number of nitrogens with zero attached hydrogens (tertiary/aromatic N) is 1. The summed E-state index contributed by atoms with van der Waals surface area (Å²) in [5.74, 6) is -0.138. The zero-order valence-corrected chi connectivity index (χ0v) is 8.87. The monoisotopic (exact) mass is 195 g/mol. The van der Waals surface area contributed by atoms with Crippen LogP contribution in [0.25, 0.3) is 0 Å². The molecule has 1 heterocycles. The van der Waals surface area contributed by atoms with E-state index in [4.69, 9.17) is 5.73 Å². The summed E-state index contributed by atoms with van der Waals surface area (Å²) in [7, 11) is 1.94. The van der Waals surface area contributed by atoms with E-state index in [0.717, 1.165) is 5.56 Å². The number of hydrogen-bond acceptors (Lipinski definition) is 2. The lowest BCUT2D eigenvalue weighted by molar-refractivity contribution is -0.125. The number of carbonyl (C=O) groups is 1. The van der Waals surface area contributed by atoms with Crippen molar-refractivity contribution >= 4 is 5.91 Å². The fourth-order valence-corrected chi connectivity index (χ4v) is 1.08. The van der Waals surface area contributed by atoms with Crippen LogP contribution in [0.5, 0.6) is 0 Å². The summed E-state index contributed by atoms with van der Waals surface area (Å²) in [5.41, 5.74) is 5.89. The molecule has 4 nitrogen and oxygen atoms in total. The number of nitrogens with one attached hydrogen (secondary N) is 1. The summed E-state index contributed by atoms with van der Waals surface area (Å²) >= 11 is 0. The molecule has 0 aliphatic heterocycles. The van der Waals surface area contributed by atoms with E-state index in [1.54, 1.807) is 13.8 Å². The van der Waals surface area contributed by atoms with Crippen molar-refractivity contribution in [3.8, 4) is 0 Å². The maximum absolute atomic E-state index is 11.4. The Morgan fingerprint density at radius 3 is 2.71 bits per heavy atom. The van der Waals surface area contributed by atoms with Crippen LogP contribution in [-0.4, -0.2) is 16.0 Å². The highest BCUT2D eigenvalue weighted by Crippen LogP contribution is 2.01. The van der Waals surface area contributed by atoms with E-state index in [-0.39, 0.29) is 5.91 Å². The lowest BCUT2D eigenvalue weighted by Gasteiger charge is -2.17. The molecule has 0 unspecified atom stereocenters. The van der Waals surface area contributed by atoms with Crippen molar-refractivity contribution in [1.82, 2.24) is 9.88 Å². The summed E-state index contributed by atoms with van der Waals surface area (Å²) in [6, 6.07) is 1.96. The first-order chi connectivity index (χ1) is 6.39. The molecule has 1 rings (SSSR count). The van der Waals surface area contributed by atoms with Gasteiger partial charge >= 0.3 is 0 Å². The lowest BCUT2D eigenvalue weighted by atomic mass is 10.1. The van der Waals surface area contributed by atoms with Crippen molar-refractivity contribution in [1.29, 1.82) is 0 Å². The van der Waals surface area contributed by atoms with E-state index in [9.17, 15) is 4.79 Å². The Kier molecular flexibility index (Phi) is 2.96. The third-order valence-electron chi connectivity index (χ3n) is 1.93. The van der Waals surface area contributed by atoms with Crippen LogP contribution in [0.2, 0.25) is 0 Å². The smallest absolute Gasteiger partial charge is 0.239 e. The van der Waals surface area contributed by atoms with Crippen LogP contribution in [0.15, 0.2) is 18.5 Å². The van der Waals surface area contributed by atoms with E-state index in [0.29, 0.717) is 6.54 Å². The number of amides is 1. The van der Waals surface area contributed by atoms with Crippen molar-refractivity contribution in [3.05, 3.63) is 24.0 Å². The van der Waals surface area contributed by atoms with E-state index in [2.05, 4.69) is 5.32 Å². The van der Waals surface area contributed by atoms with Crippen molar-refractivity contribution in [2.24, 2.45) is 12.8 Å². The third-order valence-corrected chi connectivity index (χ3v) is 1.93. The van der Waals surface area contributed by atoms with Crippen LogP contribution < -0.4 is 11.1 Å². The molecule has 14 heavy (non-hydrogen) atoms. The van der Waals surface area contributed by atoms with Gasteiger partial charge in [0.1, 0.15) is 0 Å². The number of carbonyl (C=O) groups excluding carboxylic acids is 1. The zero-order chi connectivity index (χ0) is 10.8. The number of aryl methyl sites for hydroxylation is 1. The van der Waals surface area contributed by atoms with E-state index < -0.39 is 5.54 Å². The van der Waals surface area contributed by atoms with E-state index >= 15 is 0 Å². The molecular weight excluding hydrogens is 178 g/mol. The fraction of sp³-hybridized carbons (Fsp3) is 0.500. The Morgan fingerprint density at radius 1 is 1.64 bits per heavy atom. The molecule has 3 N–H and O–H groups in total. The average molecular weight is 195 g/mol. The second kappa shape index (κ2) is 3.84. The van der Waals surface area contributed by atoms with Gasteiger partial charge in [-0.15, -0.1) is 0 Å². The van der Waals surface area contributed by atoms with Gasteiger partial charge in [-0.1, -0.05) is 0 Å². The topological polar surface area (TPSA) is 60.0 Å². The molecule has 0 radical (unpaired) electrons. The highest BCUT2D eigenvalue weighted by atomic mass is 16.2. The Labute approximate surface area is 84.1 Å². The van der Waals surface area contributed by atoms with Crippen molar-refractivity contribution in [2.75, 3.05) is 0 Å². The van der Waals surface area contributed by atoms with Gasteiger partial charge in [0.05, 0.1) is 5.54 Å². The van der Waals surface area contributed by atoms with Gasteiger partial charge in [-0.25, -0.2) is 0 Å². The summed E-state index contributed by atoms with van der Waals surface area (Å²) in [6.45, 7) is 3.90. The lowest BCUT2D eigenvalue weighted by Crippen LogP contribution is -2.48. The molecule has 0 saturated heterocycles. The summed E-state index contributed by atoms with van der Waals surface area (Å²) in [5, 5.41) is 2.77. The zero-order valence-electron chi connectivity index (χ0n) is 8.87. The first-order valence-corrected chi connectivity index (χ1v) is 4.57. The second-order valence-electron chi connectivity index (χ2n) is 4.09. The van der Waals surface area contributed by atoms with Gasteiger partial charge in [0, 0.05) is 26.0 Å². The molecule has 1 aromatic rings. The first kappa shape index (κ1) is 10.8. The molecule has 4 heteroatoms.